The summed E-state index contributed by atoms with van der Waals surface area (Å²) in [5, 5.41) is 9.61. The van der Waals surface area contributed by atoms with Crippen LogP contribution in [0.25, 0.3) is 22.2 Å². The summed E-state index contributed by atoms with van der Waals surface area (Å²) in [6.45, 7) is 3.59. The van der Waals surface area contributed by atoms with Gasteiger partial charge in [-0.05, 0) is 78.8 Å². The van der Waals surface area contributed by atoms with Crippen molar-refractivity contribution in [1.29, 1.82) is 0 Å². The van der Waals surface area contributed by atoms with Crippen LogP contribution in [-0.2, 0) is 9.53 Å². The molecule has 2 heterocycles. The maximum Gasteiger partial charge on any atom is 0.209 e. The van der Waals surface area contributed by atoms with Gasteiger partial charge in [0.2, 0.25) is 6.41 Å². The summed E-state index contributed by atoms with van der Waals surface area (Å²) in [6, 6.07) is 10.0. The largest absolute Gasteiger partial charge is 0.394 e. The molecule has 1 saturated heterocycles. The number of carbonyl (C=O) groups excluding carboxylic acids is 1. The van der Waals surface area contributed by atoms with Crippen LogP contribution in [0.1, 0.15) is 36.3 Å². The molecule has 1 saturated carbocycles. The molecule has 5 nitrogen and oxygen atoms in total. The third-order valence-corrected chi connectivity index (χ3v) is 6.21. The Morgan fingerprint density at radius 2 is 1.97 bits per heavy atom. The Bertz CT molecular complexity index is 1080. The maximum absolute atomic E-state index is 14.3. The fourth-order valence-electron chi connectivity index (χ4n) is 4.32. The van der Waals surface area contributed by atoms with E-state index in [4.69, 9.17) is 9.84 Å². The van der Waals surface area contributed by atoms with Gasteiger partial charge in [-0.25, -0.2) is 8.78 Å². The highest BCUT2D eigenvalue weighted by Gasteiger charge is 2.27. The number of aryl methyl sites for hydroxylation is 1. The first kappa shape index (κ1) is 22.4. The molecule has 0 spiro atoms. The number of morpholine rings is 1. The van der Waals surface area contributed by atoms with E-state index in [-0.39, 0.29) is 24.3 Å². The van der Waals surface area contributed by atoms with Crippen molar-refractivity contribution in [3.63, 3.8) is 0 Å². The molecule has 2 aliphatic rings. The number of ether oxygens (including phenoxy) is 1. The number of nitrogens with one attached hydrogen (secondary N) is 1. The molecule has 5 rings (SSSR count). The van der Waals surface area contributed by atoms with Gasteiger partial charge >= 0.3 is 0 Å². The zero-order valence-corrected chi connectivity index (χ0v) is 18.1. The van der Waals surface area contributed by atoms with Gasteiger partial charge < -0.3 is 19.7 Å². The lowest BCUT2D eigenvalue weighted by Gasteiger charge is -2.28. The Morgan fingerprint density at radius 3 is 2.59 bits per heavy atom. The summed E-state index contributed by atoms with van der Waals surface area (Å²) in [7, 11) is 0. The van der Waals surface area contributed by atoms with Crippen LogP contribution in [0.4, 0.5) is 8.78 Å². The normalized spacial score (nSPS) is 18.8. The first-order valence-electron chi connectivity index (χ1n) is 11.0. The Kier molecular flexibility index (Phi) is 6.86. The minimum Gasteiger partial charge on any atom is -0.394 e. The fraction of sp³-hybridized carbons (Fsp3) is 0.400. The average molecular weight is 443 g/mol. The van der Waals surface area contributed by atoms with E-state index in [2.05, 4.69) is 11.1 Å². The number of nitrogens with zero attached hydrogens (tertiary/aromatic N) is 1. The summed E-state index contributed by atoms with van der Waals surface area (Å²) >= 11 is 0. The molecule has 0 radical (unpaired) electrons. The van der Waals surface area contributed by atoms with Crippen molar-refractivity contribution in [3.05, 3.63) is 59.2 Å². The lowest BCUT2D eigenvalue weighted by atomic mass is 9.78. The van der Waals surface area contributed by atoms with Crippen molar-refractivity contribution in [2.75, 3.05) is 26.3 Å². The minimum atomic E-state index is -0.257. The van der Waals surface area contributed by atoms with Crippen molar-refractivity contribution in [2.24, 2.45) is 0 Å². The molecule has 3 aromatic rings. The van der Waals surface area contributed by atoms with Crippen molar-refractivity contribution in [3.8, 4) is 11.3 Å². The van der Waals surface area contributed by atoms with Crippen LogP contribution in [0.5, 0.6) is 0 Å². The highest BCUT2D eigenvalue weighted by molar-refractivity contribution is 5.92. The van der Waals surface area contributed by atoms with E-state index in [1.54, 1.807) is 23.1 Å². The molecule has 170 valence electrons. The smallest absolute Gasteiger partial charge is 0.209 e. The number of fused-ring (bicyclic) bond motifs is 1. The van der Waals surface area contributed by atoms with Crippen LogP contribution in [0.3, 0.4) is 0 Å². The predicted octanol–water partition coefficient (Wildman–Crippen LogP) is 4.52. The number of halogens is 2. The molecular formula is C25H28F2N2O3. The van der Waals surface area contributed by atoms with E-state index in [9.17, 15) is 13.6 Å². The van der Waals surface area contributed by atoms with Gasteiger partial charge in [0.25, 0.3) is 0 Å². The predicted molar refractivity (Wildman–Crippen MR) is 119 cm³/mol. The number of carbonyl (C=O) groups is 1. The van der Waals surface area contributed by atoms with Gasteiger partial charge in [0, 0.05) is 18.5 Å². The van der Waals surface area contributed by atoms with Crippen molar-refractivity contribution in [2.45, 2.75) is 38.2 Å². The van der Waals surface area contributed by atoms with Crippen molar-refractivity contribution in [1.82, 2.24) is 9.88 Å². The standard InChI is InChI=1S/C19H17F2N.C6H11NO3/c1-11-9-15-17(12-3-2-4-12)18(22-19(15)16(21)10-11)13-5-7-14(20)8-6-13;8-4-6-3-7(5-9)1-2-10-6/h5-10,12,22H,2-4H2,1H3;5-6,8H,1-4H2. The van der Waals surface area contributed by atoms with Crippen LogP contribution in [-0.4, -0.2) is 53.8 Å². The molecule has 2 N–H and O–H groups in total. The Morgan fingerprint density at radius 1 is 1.22 bits per heavy atom. The van der Waals surface area contributed by atoms with Gasteiger partial charge in [-0.3, -0.25) is 4.79 Å². The van der Waals surface area contributed by atoms with Gasteiger partial charge in [-0.15, -0.1) is 0 Å². The molecule has 32 heavy (non-hydrogen) atoms. The minimum absolute atomic E-state index is 0.00958. The van der Waals surface area contributed by atoms with Gasteiger partial charge in [0.1, 0.15) is 11.6 Å². The number of hydrogen-bond donors (Lipinski definition) is 2. The average Bonchev–Trinajstić information content (AvgIpc) is 3.13. The Hall–Kier alpha value is -2.77. The number of amides is 1. The molecule has 1 aliphatic carbocycles. The number of benzene rings is 2. The molecule has 7 heteroatoms. The number of aliphatic hydroxyl groups is 1. The van der Waals surface area contributed by atoms with E-state index in [0.717, 1.165) is 41.5 Å². The summed E-state index contributed by atoms with van der Waals surface area (Å²) in [5.41, 5.74) is 4.53. The summed E-state index contributed by atoms with van der Waals surface area (Å²) < 4.78 is 32.6. The van der Waals surface area contributed by atoms with Crippen molar-refractivity contribution >= 4 is 17.3 Å². The van der Waals surface area contributed by atoms with E-state index in [0.29, 0.717) is 31.1 Å². The van der Waals surface area contributed by atoms with Gasteiger partial charge in [0.15, 0.2) is 0 Å². The van der Waals surface area contributed by atoms with Gasteiger partial charge in [0.05, 0.1) is 30.5 Å². The summed E-state index contributed by atoms with van der Waals surface area (Å²) in [4.78, 5) is 15.1. The summed E-state index contributed by atoms with van der Waals surface area (Å²) in [5.74, 6) is -0.00832. The molecule has 1 atom stereocenters. The van der Waals surface area contributed by atoms with Crippen LogP contribution < -0.4 is 0 Å². The highest BCUT2D eigenvalue weighted by atomic mass is 19.1. The maximum atomic E-state index is 14.3. The number of H-pyrrole nitrogens is 1. The number of hydrogen-bond acceptors (Lipinski definition) is 3. The van der Waals surface area contributed by atoms with Crippen LogP contribution in [0.15, 0.2) is 36.4 Å². The Labute approximate surface area is 186 Å². The van der Waals surface area contributed by atoms with E-state index in [1.165, 1.54) is 24.1 Å². The molecular weight excluding hydrogens is 414 g/mol. The number of rotatable bonds is 4. The highest BCUT2D eigenvalue weighted by Crippen LogP contribution is 2.45. The van der Waals surface area contributed by atoms with Gasteiger partial charge in [-0.1, -0.05) is 6.42 Å². The molecule has 1 aromatic heterocycles. The quantitative estimate of drug-likeness (QED) is 0.584. The molecule has 0 bridgehead atoms. The van der Waals surface area contributed by atoms with Crippen LogP contribution >= 0.6 is 0 Å². The molecule has 1 amide bonds. The molecule has 2 fully saturated rings. The van der Waals surface area contributed by atoms with E-state index < -0.39 is 0 Å². The van der Waals surface area contributed by atoms with Crippen LogP contribution in [0.2, 0.25) is 0 Å². The first-order valence-corrected chi connectivity index (χ1v) is 11.0. The van der Waals surface area contributed by atoms with Crippen molar-refractivity contribution < 1.29 is 23.4 Å². The third-order valence-electron chi connectivity index (χ3n) is 6.21. The lowest BCUT2D eigenvalue weighted by Crippen LogP contribution is -2.43. The zero-order chi connectivity index (χ0) is 22.7. The fourth-order valence-corrected chi connectivity index (χ4v) is 4.32. The molecule has 1 aliphatic heterocycles. The zero-order valence-electron chi connectivity index (χ0n) is 18.1. The lowest BCUT2D eigenvalue weighted by molar-refractivity contribution is -0.127. The second-order valence-corrected chi connectivity index (χ2v) is 8.49. The number of aromatic nitrogens is 1. The monoisotopic (exact) mass is 442 g/mol. The second-order valence-electron chi connectivity index (χ2n) is 8.49. The second kappa shape index (κ2) is 9.79. The number of aromatic amines is 1. The number of aliphatic hydroxyl groups excluding tert-OH is 1. The molecule has 1 unspecified atom stereocenters. The SMILES string of the molecule is Cc1cc(F)c2[nH]c(-c3ccc(F)cc3)c(C3CCC3)c2c1.O=CN1CCOC(CO)C1. The van der Waals surface area contributed by atoms with E-state index in [1.807, 2.05) is 6.92 Å². The van der Waals surface area contributed by atoms with Crippen LogP contribution in [0, 0.1) is 18.6 Å². The topological polar surface area (TPSA) is 65.6 Å². The third kappa shape index (κ3) is 4.69. The Balaban J connectivity index is 0.000000207. The van der Waals surface area contributed by atoms with Gasteiger partial charge in [-0.2, -0.15) is 0 Å². The summed E-state index contributed by atoms with van der Waals surface area (Å²) in [6.07, 6.45) is 4.09. The molecule has 2 aromatic carbocycles. The van der Waals surface area contributed by atoms with E-state index >= 15 is 0 Å². The first-order chi connectivity index (χ1) is 15.5.